The molecule has 2 aliphatic rings. The van der Waals surface area contributed by atoms with E-state index in [9.17, 15) is 4.79 Å². The van der Waals surface area contributed by atoms with Crippen molar-refractivity contribution >= 4 is 36.0 Å². The molecule has 2 aliphatic carbocycles. The summed E-state index contributed by atoms with van der Waals surface area (Å²) in [5, 5.41) is 7.97. The summed E-state index contributed by atoms with van der Waals surface area (Å²) in [6.45, 7) is 2.69. The molecule has 1 aromatic carbocycles. The summed E-state index contributed by atoms with van der Waals surface area (Å²) in [6, 6.07) is 2.06. The Balaban J connectivity index is 0.00000408. The van der Waals surface area contributed by atoms with Gasteiger partial charge in [0.15, 0.2) is 11.5 Å². The molecule has 0 fully saturated rings. The van der Waals surface area contributed by atoms with Gasteiger partial charge in [-0.05, 0) is 74.6 Å². The van der Waals surface area contributed by atoms with Crippen molar-refractivity contribution in [3.8, 4) is 17.2 Å². The molecule has 0 aromatic heterocycles. The predicted octanol–water partition coefficient (Wildman–Crippen LogP) is 3.97. The maximum atomic E-state index is 11.5. The third-order valence-electron chi connectivity index (χ3n) is 5.86. The van der Waals surface area contributed by atoms with Crippen molar-refractivity contribution in [1.29, 1.82) is 0 Å². The van der Waals surface area contributed by atoms with Crippen molar-refractivity contribution in [2.24, 2.45) is 16.0 Å². The number of rotatable bonds is 11. The van der Waals surface area contributed by atoms with Crippen molar-refractivity contribution in [3.63, 3.8) is 0 Å². The summed E-state index contributed by atoms with van der Waals surface area (Å²) < 4.78 is 22.7. The standard InChI is InChI=1S/C24H34N4O5.ClH/c1-4-32-21(29)10-5-6-13-33-20-14-16-11-12-19(28-27-15-26-25)17-8-7-9-18(17)22(16)24(31-3)23(20)30-2;/h14-15H,4-13,25H2,1-3H3,(H,26,27);1H. The quantitative estimate of drug-likeness (QED) is 0.119. The Kier molecular flexibility index (Phi) is 11.0. The van der Waals surface area contributed by atoms with Crippen LogP contribution in [-0.2, 0) is 16.0 Å². The van der Waals surface area contributed by atoms with Crippen LogP contribution in [0.1, 0.15) is 63.0 Å². The van der Waals surface area contributed by atoms with E-state index in [1.807, 2.05) is 6.92 Å². The number of hydrazone groups is 2. The number of hydrogen-bond acceptors (Lipinski definition) is 8. The molecule has 0 aliphatic heterocycles. The van der Waals surface area contributed by atoms with Gasteiger partial charge in [-0.2, -0.15) is 10.2 Å². The Hall–Kier alpha value is -2.94. The number of methoxy groups -OCH3 is 2. The SMILES string of the molecule is CCOC(=O)CCCCOc1cc2c(c(OC)c1OC)C1=C(CCC1)C(=NNC=NN)CC2.Cl. The fourth-order valence-electron chi connectivity index (χ4n) is 4.48. The molecular weight excluding hydrogens is 460 g/mol. The number of carbonyl (C=O) groups is 1. The lowest BCUT2D eigenvalue weighted by Gasteiger charge is -2.20. The van der Waals surface area contributed by atoms with Crippen LogP contribution in [0.15, 0.2) is 21.8 Å². The smallest absolute Gasteiger partial charge is 0.305 e. The number of nitrogens with zero attached hydrogens (tertiary/aromatic N) is 2. The molecule has 0 unspecified atom stereocenters. The van der Waals surface area contributed by atoms with Gasteiger partial charge in [0.05, 0.1) is 33.1 Å². The number of allylic oxidation sites excluding steroid dienone is 2. The van der Waals surface area contributed by atoms with Crippen molar-refractivity contribution < 1.29 is 23.7 Å². The highest BCUT2D eigenvalue weighted by molar-refractivity contribution is 6.09. The maximum absolute atomic E-state index is 11.5. The molecule has 10 heteroatoms. The van der Waals surface area contributed by atoms with E-state index in [1.54, 1.807) is 14.2 Å². The minimum atomic E-state index is -0.174. The van der Waals surface area contributed by atoms with Crippen molar-refractivity contribution in [3.05, 3.63) is 22.8 Å². The molecule has 0 spiro atoms. The molecular formula is C24H35ClN4O5. The molecule has 0 atom stereocenters. The molecule has 0 heterocycles. The van der Waals surface area contributed by atoms with Gasteiger partial charge in [0.2, 0.25) is 5.75 Å². The molecule has 188 valence electrons. The van der Waals surface area contributed by atoms with Crippen LogP contribution in [0.25, 0.3) is 5.57 Å². The molecule has 0 amide bonds. The molecule has 1 aromatic rings. The van der Waals surface area contributed by atoms with Crippen LogP contribution < -0.4 is 25.5 Å². The van der Waals surface area contributed by atoms with Gasteiger partial charge in [0.25, 0.3) is 0 Å². The number of benzene rings is 1. The molecule has 3 N–H and O–H groups in total. The van der Waals surface area contributed by atoms with E-state index in [4.69, 9.17) is 24.8 Å². The Morgan fingerprint density at radius 2 is 1.88 bits per heavy atom. The number of fused-ring (bicyclic) bond motifs is 2. The average molecular weight is 495 g/mol. The predicted molar refractivity (Wildman–Crippen MR) is 135 cm³/mol. The number of esters is 1. The first kappa shape index (κ1) is 27.3. The first-order valence-electron chi connectivity index (χ1n) is 11.5. The Morgan fingerprint density at radius 1 is 1.12 bits per heavy atom. The number of hydrogen-bond donors (Lipinski definition) is 2. The number of unbranched alkanes of at least 4 members (excludes halogenated alkanes) is 1. The van der Waals surface area contributed by atoms with Crippen LogP contribution in [-0.4, -0.2) is 45.5 Å². The number of carbonyl (C=O) groups excluding carboxylic acids is 1. The van der Waals surface area contributed by atoms with Gasteiger partial charge in [0, 0.05) is 12.0 Å². The zero-order chi connectivity index (χ0) is 23.6. The van der Waals surface area contributed by atoms with Crippen LogP contribution in [0.3, 0.4) is 0 Å². The fraction of sp³-hybridized carbons (Fsp3) is 0.542. The number of ether oxygens (including phenoxy) is 4. The van der Waals surface area contributed by atoms with Crippen LogP contribution in [0.2, 0.25) is 0 Å². The van der Waals surface area contributed by atoms with Crippen LogP contribution in [0, 0.1) is 0 Å². The number of aryl methyl sites for hydroxylation is 1. The highest BCUT2D eigenvalue weighted by Gasteiger charge is 2.31. The minimum Gasteiger partial charge on any atom is -0.492 e. The van der Waals surface area contributed by atoms with E-state index in [0.29, 0.717) is 43.3 Å². The molecule has 3 rings (SSSR count). The van der Waals surface area contributed by atoms with Gasteiger partial charge in [-0.25, -0.2) is 0 Å². The third kappa shape index (κ3) is 6.34. The largest absolute Gasteiger partial charge is 0.492 e. The van der Waals surface area contributed by atoms with E-state index >= 15 is 0 Å². The Labute approximate surface area is 207 Å². The molecule has 34 heavy (non-hydrogen) atoms. The topological polar surface area (TPSA) is 117 Å². The molecule has 0 saturated carbocycles. The van der Waals surface area contributed by atoms with E-state index in [1.165, 1.54) is 17.5 Å². The number of nitrogens with two attached hydrogens (primary N) is 1. The van der Waals surface area contributed by atoms with Crippen LogP contribution >= 0.6 is 12.4 Å². The monoisotopic (exact) mass is 494 g/mol. The highest BCUT2D eigenvalue weighted by Crippen LogP contribution is 2.50. The first-order chi connectivity index (χ1) is 16.1. The molecule has 0 bridgehead atoms. The fourth-order valence-corrected chi connectivity index (χ4v) is 4.48. The van der Waals surface area contributed by atoms with Crippen molar-refractivity contribution in [1.82, 2.24) is 5.43 Å². The van der Waals surface area contributed by atoms with E-state index in [0.717, 1.165) is 55.4 Å². The first-order valence-corrected chi connectivity index (χ1v) is 11.5. The van der Waals surface area contributed by atoms with Crippen LogP contribution in [0.4, 0.5) is 0 Å². The summed E-state index contributed by atoms with van der Waals surface area (Å²) in [5.74, 6) is 6.95. The van der Waals surface area contributed by atoms with Gasteiger partial charge < -0.3 is 24.8 Å². The normalized spacial score (nSPS) is 15.9. The molecule has 9 nitrogen and oxygen atoms in total. The second kappa shape index (κ2) is 13.7. The zero-order valence-corrected chi connectivity index (χ0v) is 21.0. The summed E-state index contributed by atoms with van der Waals surface area (Å²) in [6.07, 6.45) is 7.78. The second-order valence-electron chi connectivity index (χ2n) is 7.86. The summed E-state index contributed by atoms with van der Waals surface area (Å²) in [7, 11) is 3.29. The highest BCUT2D eigenvalue weighted by atomic mass is 35.5. The lowest BCUT2D eigenvalue weighted by atomic mass is 9.95. The lowest BCUT2D eigenvalue weighted by molar-refractivity contribution is -0.143. The lowest BCUT2D eigenvalue weighted by Crippen LogP contribution is -2.11. The number of nitrogens with one attached hydrogen (secondary N) is 1. The average Bonchev–Trinajstić information content (AvgIpc) is 3.24. The second-order valence-corrected chi connectivity index (χ2v) is 7.86. The molecule has 0 saturated heterocycles. The summed E-state index contributed by atoms with van der Waals surface area (Å²) in [5.41, 5.74) is 8.58. The van der Waals surface area contributed by atoms with Gasteiger partial charge in [-0.1, -0.05) is 0 Å². The van der Waals surface area contributed by atoms with Crippen molar-refractivity contribution in [2.45, 2.75) is 58.3 Å². The summed E-state index contributed by atoms with van der Waals surface area (Å²) in [4.78, 5) is 11.5. The third-order valence-corrected chi connectivity index (χ3v) is 5.86. The summed E-state index contributed by atoms with van der Waals surface area (Å²) >= 11 is 0. The van der Waals surface area contributed by atoms with Gasteiger partial charge in [-0.3, -0.25) is 10.2 Å². The number of halogens is 1. The Bertz CT molecular complexity index is 946. The van der Waals surface area contributed by atoms with Gasteiger partial charge in [0.1, 0.15) is 6.34 Å². The van der Waals surface area contributed by atoms with Crippen LogP contribution in [0.5, 0.6) is 17.2 Å². The van der Waals surface area contributed by atoms with E-state index < -0.39 is 0 Å². The van der Waals surface area contributed by atoms with Crippen molar-refractivity contribution in [2.75, 3.05) is 27.4 Å². The maximum Gasteiger partial charge on any atom is 0.305 e. The Morgan fingerprint density at radius 3 is 2.59 bits per heavy atom. The minimum absolute atomic E-state index is 0. The zero-order valence-electron chi connectivity index (χ0n) is 20.1. The van der Waals surface area contributed by atoms with Gasteiger partial charge in [-0.15, -0.1) is 12.4 Å². The van der Waals surface area contributed by atoms with Gasteiger partial charge >= 0.3 is 5.97 Å². The molecule has 0 radical (unpaired) electrons. The van der Waals surface area contributed by atoms with E-state index in [2.05, 4.69) is 21.7 Å². The van der Waals surface area contributed by atoms with E-state index in [-0.39, 0.29) is 18.4 Å².